The highest BCUT2D eigenvalue weighted by atomic mass is 32.3. The Kier molecular flexibility index (Phi) is 39.3. The first-order valence-electron chi connectivity index (χ1n) is 42.2. The zero-order chi connectivity index (χ0) is 98.7. The van der Waals surface area contributed by atoms with Gasteiger partial charge in [-0.2, -0.15) is 8.42 Å². The second-order valence-electron chi connectivity index (χ2n) is 33.6. The lowest BCUT2D eigenvalue weighted by molar-refractivity contribution is -0.400. The van der Waals surface area contributed by atoms with Gasteiger partial charge in [-0.25, -0.2) is 4.18 Å². The van der Waals surface area contributed by atoms with Gasteiger partial charge in [-0.15, -0.1) is 0 Å². The molecular formula is C72H121N3O58S. The van der Waals surface area contributed by atoms with E-state index in [1.165, 1.54) is 6.92 Å². The molecular weight excluding hydrogens is 1870 g/mol. The van der Waals surface area contributed by atoms with E-state index < -0.39 is 432 Å². The zero-order valence-corrected chi connectivity index (χ0v) is 71.9. The van der Waals surface area contributed by atoms with Crippen LogP contribution in [-0.4, -0.2) is 588 Å². The molecule has 0 radical (unpaired) electrons. The molecule has 61 nitrogen and oxygen atoms in total. The van der Waals surface area contributed by atoms with Crippen molar-refractivity contribution in [3.63, 3.8) is 0 Å². The van der Waals surface area contributed by atoms with E-state index in [0.717, 1.165) is 20.8 Å². The highest BCUT2D eigenvalue weighted by molar-refractivity contribution is 7.80. The average molecular weight is 1990 g/mol. The van der Waals surface area contributed by atoms with Crippen molar-refractivity contribution in [2.24, 2.45) is 0 Å². The van der Waals surface area contributed by atoms with Crippen molar-refractivity contribution in [1.82, 2.24) is 16.0 Å². The van der Waals surface area contributed by atoms with Crippen LogP contribution in [0.5, 0.6) is 0 Å². The predicted molar refractivity (Wildman–Crippen MR) is 406 cm³/mol. The minimum Gasteiger partial charge on any atom is -0.394 e. The molecule has 0 aromatic heterocycles. The molecule has 55 atom stereocenters. The highest BCUT2D eigenvalue weighted by Crippen LogP contribution is 2.42. The Morgan fingerprint density at radius 1 is 0.246 bits per heavy atom. The summed E-state index contributed by atoms with van der Waals surface area (Å²) < 4.78 is 163. The van der Waals surface area contributed by atoms with Crippen LogP contribution in [0.1, 0.15) is 27.7 Å². The van der Waals surface area contributed by atoms with Crippen LogP contribution in [0.2, 0.25) is 0 Å². The summed E-state index contributed by atoms with van der Waals surface area (Å²) in [7, 11) is -5.64. The van der Waals surface area contributed by atoms with Crippen molar-refractivity contribution in [3.05, 3.63) is 0 Å². The van der Waals surface area contributed by atoms with Crippen molar-refractivity contribution in [3.8, 4) is 0 Å². The van der Waals surface area contributed by atoms with Gasteiger partial charge in [-0.3, -0.25) is 18.9 Å². The van der Waals surface area contributed by atoms with Gasteiger partial charge in [0.1, 0.15) is 262 Å². The summed E-state index contributed by atoms with van der Waals surface area (Å²) in [6.45, 7) is -7.81. The number of rotatable bonds is 35. The fourth-order valence-corrected chi connectivity index (χ4v) is 17.2. The topological polar surface area (TPSA) is 952 Å². The van der Waals surface area contributed by atoms with E-state index in [9.17, 15) is 181 Å². The lowest BCUT2D eigenvalue weighted by atomic mass is 9.93. The number of nitrogens with one attached hydrogen (secondary N) is 3. The SMILES string of the molecule is CC(=O)N[C@@H]1[C@@H](O)[C@H](O[C@@H]2O[C@H](CO)[C@@H](O[C@@H]3O[C@H](CO[C@H]4O[C@H](CO[C@H]5O[C@H](CO)[C@@H](O)[C@H](O)[C@@H]5O)[C@@H](O)[C@H](O[C@H]5O[C@H](CO)[C@@H](O)[C@H](O)[C@@H]5O)[C@@H]4O)[C@@H](O)[C@H](O[C@H]4O[C@H](CO)[C@@H](O)[C@H](O)[C@@H]4O[C@@H]4O[C@H](COS(=O)(=O)O)[C@@H](O[C@@H]5O[C@H](CO)[C@H](O)[C@H](O[C@H]6O[C@H](CO)[C@H](O)[C@H](O)[C@H]6O)[C@H]5O)[C@H](O)[C@H]4NC(C)=O)[C@@H]3O)[C@H](O)[C@H]2NC(C)=O)[C@@H](CO[C@@H]2O[C@@H](C)[C@@H](O)[C@@H](O)[C@@H]2O)O[C@H]1O. The second-order valence-corrected chi connectivity index (χ2v) is 34.7. The maximum Gasteiger partial charge on any atom is 0.397 e. The van der Waals surface area contributed by atoms with E-state index in [1.807, 2.05) is 0 Å². The Bertz CT molecular complexity index is 3780. The van der Waals surface area contributed by atoms with Gasteiger partial charge in [-0.05, 0) is 6.92 Å². The molecule has 11 aliphatic heterocycles. The van der Waals surface area contributed by atoms with Crippen LogP contribution < -0.4 is 16.0 Å². The van der Waals surface area contributed by atoms with Crippen LogP contribution in [0.25, 0.3) is 0 Å². The molecule has 11 rings (SSSR count). The molecule has 134 heavy (non-hydrogen) atoms. The van der Waals surface area contributed by atoms with Gasteiger partial charge in [0.15, 0.2) is 69.2 Å². The molecule has 0 aromatic rings. The van der Waals surface area contributed by atoms with Crippen LogP contribution in [0.15, 0.2) is 0 Å². The average Bonchev–Trinajstić information content (AvgIpc) is 0.760. The summed E-state index contributed by atoms with van der Waals surface area (Å²) in [6, 6.07) is -6.16. The van der Waals surface area contributed by atoms with Gasteiger partial charge in [0, 0.05) is 20.8 Å². The lowest BCUT2D eigenvalue weighted by Crippen LogP contribution is -2.71. The van der Waals surface area contributed by atoms with Gasteiger partial charge in [0.2, 0.25) is 17.7 Å². The Morgan fingerprint density at radius 2 is 0.507 bits per heavy atom. The first kappa shape index (κ1) is 111. The van der Waals surface area contributed by atoms with Crippen molar-refractivity contribution in [2.75, 3.05) is 66.1 Å². The Labute approximate surface area is 757 Å². The number of aliphatic hydroxyl groups excluding tert-OH is 30. The summed E-state index contributed by atoms with van der Waals surface area (Å²) >= 11 is 0. The number of ether oxygens (including phenoxy) is 21. The molecule has 11 heterocycles. The van der Waals surface area contributed by atoms with Crippen LogP contribution in [0.4, 0.5) is 0 Å². The molecule has 11 aliphatic rings. The largest absolute Gasteiger partial charge is 0.397 e. The number of carbonyl (C=O) groups is 3. The van der Waals surface area contributed by atoms with Crippen LogP contribution in [-0.2, 0) is 128 Å². The van der Waals surface area contributed by atoms with E-state index in [-0.39, 0.29) is 0 Å². The number of aliphatic hydroxyl groups is 30. The summed E-state index contributed by atoms with van der Waals surface area (Å²) in [5.41, 5.74) is 0. The summed E-state index contributed by atoms with van der Waals surface area (Å²) in [5, 5.41) is 342. The molecule has 3 amide bonds. The lowest BCUT2D eigenvalue weighted by Gasteiger charge is -2.51. The number of carbonyl (C=O) groups excluding carboxylic acids is 3. The molecule has 0 saturated carbocycles. The predicted octanol–water partition coefficient (Wildman–Crippen LogP) is -23.7. The fourth-order valence-electron chi connectivity index (χ4n) is 16.9. The standard InChI is InChI=1S/C72H121N3O58S/c1-15-32(85)43(96)48(101)65(116-15)114-13-27-56(40(93)29(62(108)117-27)73-16(2)82)127-63-30(74-17(3)83)41(94)55(24(10-81)123-63)128-71-54(107)60(39(92)26(125-71)12-113-67-52(105)59(131-69-51(104)46(99)35(88)21(7-78)120-69)38(91)25(124-67)11-112-66-49(102)44(97)33(86)19(5-76)118-66)132-72-61(47(100)36(89)22(8-79)122-72)133-64-31(75-18(4)84)42(95)57(28(126-64)14-115-134(109,110)111)129-70-53(106)58(37(90)23(9-80)121-70)130-68-50(103)45(98)34(87)20(6-77)119-68/h15,19-72,76-81,85-108H,5-14H2,1-4H3,(H,73,82)(H,74,83)(H,75,84)(H,109,110,111)/t15-,19+,20+,21+,22+,23+,24+,25+,26+,27+,28+,29+,30+,31+,32+,33+,34-,35+,36+,37-,38+,39+,40+,41+,42+,43+,44-,45-,46-,47-,48-,49-,50+,51-,52-,53+,54-,55+,56+,57+,58-,59-,60-,61-,62+,63-,64-,65+,66-,67-,68+,69+,70-,71-,72+/m0/s1. The Morgan fingerprint density at radius 3 is 0.925 bits per heavy atom. The monoisotopic (exact) mass is 1990 g/mol. The number of hydrogen-bond acceptors (Lipinski definition) is 57. The van der Waals surface area contributed by atoms with Crippen molar-refractivity contribution < 1.29 is 284 Å². The van der Waals surface area contributed by atoms with Gasteiger partial charge < -0.3 is 269 Å². The first-order valence-corrected chi connectivity index (χ1v) is 43.5. The Balaban J connectivity index is 0.935. The fraction of sp³-hybridized carbons (Fsp3) is 0.958. The van der Waals surface area contributed by atoms with E-state index >= 15 is 0 Å². The maximum absolute atomic E-state index is 13.3. The van der Waals surface area contributed by atoms with E-state index in [4.69, 9.17) is 99.5 Å². The molecule has 0 spiro atoms. The van der Waals surface area contributed by atoms with Gasteiger partial charge in [0.05, 0.1) is 72.2 Å². The molecule has 0 aromatic carbocycles. The van der Waals surface area contributed by atoms with Crippen molar-refractivity contribution in [1.29, 1.82) is 0 Å². The molecule has 34 N–H and O–H groups in total. The van der Waals surface area contributed by atoms with E-state index in [2.05, 4.69) is 20.1 Å². The van der Waals surface area contributed by atoms with Crippen molar-refractivity contribution >= 4 is 28.1 Å². The highest BCUT2D eigenvalue weighted by Gasteiger charge is 2.62. The third kappa shape index (κ3) is 24.8. The van der Waals surface area contributed by atoms with Gasteiger partial charge >= 0.3 is 10.4 Å². The van der Waals surface area contributed by atoms with E-state index in [1.54, 1.807) is 0 Å². The summed E-state index contributed by atoms with van der Waals surface area (Å²) in [6.07, 6.45) is -114. The number of amides is 3. The van der Waals surface area contributed by atoms with Crippen molar-refractivity contribution in [2.45, 2.75) is 365 Å². The number of hydrogen-bond donors (Lipinski definition) is 34. The minimum atomic E-state index is -5.64. The quantitative estimate of drug-likeness (QED) is 0.0262. The second kappa shape index (κ2) is 47.6. The summed E-state index contributed by atoms with van der Waals surface area (Å²) in [4.78, 5) is 39.2. The van der Waals surface area contributed by atoms with Gasteiger partial charge in [0.25, 0.3) is 0 Å². The molecule has 62 heteroatoms. The third-order valence-corrected chi connectivity index (χ3v) is 24.7. The minimum absolute atomic E-state index is 0.810. The Hall–Kier alpha value is -3.76. The van der Waals surface area contributed by atoms with Crippen LogP contribution in [0.3, 0.4) is 0 Å². The molecule has 11 fully saturated rings. The third-order valence-electron chi connectivity index (χ3n) is 24.3. The molecule has 0 aliphatic carbocycles. The van der Waals surface area contributed by atoms with Gasteiger partial charge in [-0.1, -0.05) is 0 Å². The smallest absolute Gasteiger partial charge is 0.394 e. The van der Waals surface area contributed by atoms with Crippen LogP contribution >= 0.6 is 0 Å². The van der Waals surface area contributed by atoms with Crippen LogP contribution in [0, 0.1) is 0 Å². The maximum atomic E-state index is 13.3. The zero-order valence-electron chi connectivity index (χ0n) is 71.1. The molecule has 0 unspecified atom stereocenters. The normalized spacial score (nSPS) is 50.0. The first-order chi connectivity index (χ1) is 63.1. The molecule has 0 bridgehead atoms. The summed E-state index contributed by atoms with van der Waals surface area (Å²) in [5.74, 6) is -3.06. The molecule has 778 valence electrons. The molecule has 11 saturated heterocycles. The van der Waals surface area contributed by atoms with E-state index in [0.29, 0.717) is 0 Å².